The van der Waals surface area contributed by atoms with Crippen LogP contribution in [0.25, 0.3) is 0 Å². The summed E-state index contributed by atoms with van der Waals surface area (Å²) in [7, 11) is 2.11. The molecule has 1 aliphatic heterocycles. The second-order valence-electron chi connectivity index (χ2n) is 5.80. The number of piperazine rings is 1. The summed E-state index contributed by atoms with van der Waals surface area (Å²) in [6, 6.07) is 12.7. The summed E-state index contributed by atoms with van der Waals surface area (Å²) in [6.45, 7) is 3.86. The summed E-state index contributed by atoms with van der Waals surface area (Å²) >= 11 is 0. The number of nitriles is 1. The smallest absolute Gasteiger partial charge is 0.274 e. The Labute approximate surface area is 141 Å². The fourth-order valence-corrected chi connectivity index (χ4v) is 2.68. The van der Waals surface area contributed by atoms with Crippen molar-refractivity contribution in [3.8, 4) is 6.07 Å². The Hall–Kier alpha value is -2.91. The van der Waals surface area contributed by atoms with E-state index in [-0.39, 0.29) is 5.91 Å². The average Bonchev–Trinajstić information content (AvgIpc) is 2.63. The maximum absolute atomic E-state index is 12.5. The van der Waals surface area contributed by atoms with Crippen molar-refractivity contribution in [1.82, 2.24) is 9.88 Å². The number of anilines is 2. The van der Waals surface area contributed by atoms with E-state index in [4.69, 9.17) is 5.26 Å². The molecule has 1 aromatic carbocycles. The highest BCUT2D eigenvalue weighted by molar-refractivity contribution is 6.04. The zero-order valence-electron chi connectivity index (χ0n) is 13.6. The lowest BCUT2D eigenvalue weighted by Crippen LogP contribution is -2.44. The van der Waals surface area contributed by atoms with Gasteiger partial charge in [0.25, 0.3) is 5.91 Å². The van der Waals surface area contributed by atoms with Gasteiger partial charge < -0.3 is 15.1 Å². The molecular formula is C18H19N5O. The van der Waals surface area contributed by atoms with Crippen LogP contribution in [0, 0.1) is 11.3 Å². The van der Waals surface area contributed by atoms with Gasteiger partial charge in [0.15, 0.2) is 0 Å². The number of nitrogens with one attached hydrogen (secondary N) is 1. The average molecular weight is 321 g/mol. The molecule has 24 heavy (non-hydrogen) atoms. The van der Waals surface area contributed by atoms with Gasteiger partial charge in [0.05, 0.1) is 11.3 Å². The zero-order chi connectivity index (χ0) is 16.9. The predicted molar refractivity (Wildman–Crippen MR) is 93.1 cm³/mol. The summed E-state index contributed by atoms with van der Waals surface area (Å²) in [4.78, 5) is 21.2. The van der Waals surface area contributed by atoms with Crippen molar-refractivity contribution >= 4 is 17.3 Å². The maximum atomic E-state index is 12.5. The van der Waals surface area contributed by atoms with Crippen molar-refractivity contribution in [2.75, 3.05) is 43.4 Å². The van der Waals surface area contributed by atoms with Gasteiger partial charge in [0.2, 0.25) is 0 Å². The molecule has 1 saturated heterocycles. The number of aromatic nitrogens is 1. The first-order chi connectivity index (χ1) is 11.7. The van der Waals surface area contributed by atoms with E-state index >= 15 is 0 Å². The SMILES string of the molecule is CN1CCN(c2ccnc(C(=O)Nc3ccccc3C#N)c2)CC1. The molecule has 1 fully saturated rings. The van der Waals surface area contributed by atoms with Crippen LogP contribution in [0.1, 0.15) is 16.1 Å². The van der Waals surface area contributed by atoms with Gasteiger partial charge in [-0.3, -0.25) is 9.78 Å². The van der Waals surface area contributed by atoms with Crippen molar-refractivity contribution in [1.29, 1.82) is 5.26 Å². The van der Waals surface area contributed by atoms with Gasteiger partial charge in [0.1, 0.15) is 11.8 Å². The monoisotopic (exact) mass is 321 g/mol. The Bertz CT molecular complexity index is 775. The molecule has 0 saturated carbocycles. The van der Waals surface area contributed by atoms with Crippen molar-refractivity contribution in [3.05, 3.63) is 53.9 Å². The van der Waals surface area contributed by atoms with Gasteiger partial charge >= 0.3 is 0 Å². The molecule has 0 atom stereocenters. The Morgan fingerprint density at radius 2 is 1.96 bits per heavy atom. The first kappa shape index (κ1) is 16.0. The minimum Gasteiger partial charge on any atom is -0.369 e. The minimum absolute atomic E-state index is 0.311. The van der Waals surface area contributed by atoms with E-state index in [0.29, 0.717) is 16.9 Å². The van der Waals surface area contributed by atoms with Crippen LogP contribution in [-0.4, -0.2) is 49.0 Å². The van der Waals surface area contributed by atoms with Gasteiger partial charge in [-0.05, 0) is 31.3 Å². The number of rotatable bonds is 3. The number of para-hydroxylation sites is 1. The summed E-state index contributed by atoms with van der Waals surface area (Å²) in [5.41, 5.74) is 2.27. The second-order valence-corrected chi connectivity index (χ2v) is 5.80. The molecule has 1 aliphatic rings. The number of nitrogens with zero attached hydrogens (tertiary/aromatic N) is 4. The van der Waals surface area contributed by atoms with E-state index in [9.17, 15) is 4.79 Å². The molecule has 6 nitrogen and oxygen atoms in total. The van der Waals surface area contributed by atoms with Crippen LogP contribution >= 0.6 is 0 Å². The lowest BCUT2D eigenvalue weighted by molar-refractivity contribution is 0.102. The van der Waals surface area contributed by atoms with Gasteiger partial charge in [-0.25, -0.2) is 0 Å². The van der Waals surface area contributed by atoms with Gasteiger partial charge in [-0.2, -0.15) is 5.26 Å². The number of hydrogen-bond acceptors (Lipinski definition) is 5. The van der Waals surface area contributed by atoms with Crippen LogP contribution in [0.5, 0.6) is 0 Å². The second kappa shape index (κ2) is 7.11. The molecule has 0 spiro atoms. The molecule has 1 amide bonds. The molecule has 122 valence electrons. The zero-order valence-corrected chi connectivity index (χ0v) is 13.6. The molecule has 0 aliphatic carbocycles. The van der Waals surface area contributed by atoms with Gasteiger partial charge in [-0.15, -0.1) is 0 Å². The maximum Gasteiger partial charge on any atom is 0.274 e. The summed E-state index contributed by atoms with van der Waals surface area (Å²) in [6.07, 6.45) is 1.65. The molecule has 2 heterocycles. The fraction of sp³-hybridized carbons (Fsp3) is 0.278. The van der Waals surface area contributed by atoms with Crippen LogP contribution in [0.15, 0.2) is 42.6 Å². The quantitative estimate of drug-likeness (QED) is 0.935. The first-order valence-corrected chi connectivity index (χ1v) is 7.87. The van der Waals surface area contributed by atoms with Gasteiger partial charge in [-0.1, -0.05) is 12.1 Å². The number of likely N-dealkylation sites (N-methyl/N-ethyl adjacent to an activating group) is 1. The molecule has 1 N–H and O–H groups in total. The van der Waals surface area contributed by atoms with Crippen molar-refractivity contribution < 1.29 is 4.79 Å². The molecule has 6 heteroatoms. The molecule has 0 bridgehead atoms. The van der Waals surface area contributed by atoms with Crippen LogP contribution in [0.4, 0.5) is 11.4 Å². The molecule has 2 aromatic rings. The molecule has 3 rings (SSSR count). The summed E-state index contributed by atoms with van der Waals surface area (Å²) in [5.74, 6) is -0.311. The number of hydrogen-bond donors (Lipinski definition) is 1. The van der Waals surface area contributed by atoms with Crippen molar-refractivity contribution in [3.63, 3.8) is 0 Å². The van der Waals surface area contributed by atoms with Crippen molar-refractivity contribution in [2.45, 2.75) is 0 Å². The molecular weight excluding hydrogens is 302 g/mol. The Balaban J connectivity index is 1.76. The largest absolute Gasteiger partial charge is 0.369 e. The van der Waals surface area contributed by atoms with E-state index in [2.05, 4.69) is 33.2 Å². The third-order valence-corrected chi connectivity index (χ3v) is 4.14. The Morgan fingerprint density at radius 3 is 2.71 bits per heavy atom. The van der Waals surface area contributed by atoms with E-state index in [1.54, 1.807) is 36.5 Å². The van der Waals surface area contributed by atoms with Crippen molar-refractivity contribution in [2.24, 2.45) is 0 Å². The number of benzene rings is 1. The lowest BCUT2D eigenvalue weighted by Gasteiger charge is -2.34. The predicted octanol–water partition coefficient (Wildman–Crippen LogP) is 1.96. The Kier molecular flexibility index (Phi) is 4.73. The molecule has 0 unspecified atom stereocenters. The van der Waals surface area contributed by atoms with Crippen LogP contribution in [-0.2, 0) is 0 Å². The highest BCUT2D eigenvalue weighted by atomic mass is 16.1. The van der Waals surface area contributed by atoms with E-state index in [1.165, 1.54) is 0 Å². The molecule has 1 aromatic heterocycles. The highest BCUT2D eigenvalue weighted by Crippen LogP contribution is 2.18. The minimum atomic E-state index is -0.311. The number of carbonyl (C=O) groups excluding carboxylic acids is 1. The number of pyridine rings is 1. The van der Waals surface area contributed by atoms with Gasteiger partial charge in [0, 0.05) is 38.1 Å². The van der Waals surface area contributed by atoms with E-state index in [1.807, 2.05) is 6.07 Å². The standard InChI is InChI=1S/C18H19N5O/c1-22-8-10-23(11-9-22)15-6-7-20-17(12-15)18(24)21-16-5-3-2-4-14(16)13-19/h2-7,12H,8-11H2,1H3,(H,21,24). The summed E-state index contributed by atoms with van der Waals surface area (Å²) in [5, 5.41) is 11.9. The van der Waals surface area contributed by atoms with E-state index in [0.717, 1.165) is 31.9 Å². The Morgan fingerprint density at radius 1 is 1.21 bits per heavy atom. The third kappa shape index (κ3) is 3.53. The highest BCUT2D eigenvalue weighted by Gasteiger charge is 2.16. The lowest BCUT2D eigenvalue weighted by atomic mass is 10.2. The van der Waals surface area contributed by atoms with Crippen LogP contribution < -0.4 is 10.2 Å². The fourth-order valence-electron chi connectivity index (χ4n) is 2.68. The van der Waals surface area contributed by atoms with Crippen LogP contribution in [0.2, 0.25) is 0 Å². The normalized spacial score (nSPS) is 14.9. The van der Waals surface area contributed by atoms with E-state index < -0.39 is 0 Å². The number of carbonyl (C=O) groups is 1. The topological polar surface area (TPSA) is 72.3 Å². The summed E-state index contributed by atoms with van der Waals surface area (Å²) < 4.78 is 0. The first-order valence-electron chi connectivity index (χ1n) is 7.87. The third-order valence-electron chi connectivity index (χ3n) is 4.14. The molecule has 0 radical (unpaired) electrons. The van der Waals surface area contributed by atoms with Crippen LogP contribution in [0.3, 0.4) is 0 Å². The number of amides is 1.